The molecule has 0 saturated carbocycles. The molecule has 1 aliphatic carbocycles. The lowest BCUT2D eigenvalue weighted by molar-refractivity contribution is 0.415. The molecule has 0 aliphatic heterocycles. The van der Waals surface area contributed by atoms with Crippen LogP contribution in [0.4, 0.5) is 0 Å². The highest BCUT2D eigenvalue weighted by Gasteiger charge is 2.08. The SMILES string of the molecule is COc1ccc2[nH]c(=S)n(CCC3=CCCC3)c2c1. The van der Waals surface area contributed by atoms with Crippen LogP contribution in [0.1, 0.15) is 25.7 Å². The molecule has 0 atom stereocenters. The lowest BCUT2D eigenvalue weighted by Crippen LogP contribution is -1.99. The number of fused-ring (bicyclic) bond motifs is 1. The summed E-state index contributed by atoms with van der Waals surface area (Å²) in [5.74, 6) is 0.871. The third-order valence-corrected chi connectivity index (χ3v) is 4.10. The van der Waals surface area contributed by atoms with Gasteiger partial charge in [0.2, 0.25) is 0 Å². The third kappa shape index (κ3) is 2.45. The zero-order valence-corrected chi connectivity index (χ0v) is 11.9. The molecule has 3 rings (SSSR count). The molecule has 0 bridgehead atoms. The molecule has 2 aromatic rings. The predicted octanol–water partition coefficient (Wildman–Crippen LogP) is 4.21. The maximum absolute atomic E-state index is 5.42. The molecule has 0 radical (unpaired) electrons. The van der Waals surface area contributed by atoms with E-state index in [1.165, 1.54) is 19.3 Å². The van der Waals surface area contributed by atoms with E-state index in [1.807, 2.05) is 18.2 Å². The highest BCUT2D eigenvalue weighted by molar-refractivity contribution is 7.71. The van der Waals surface area contributed by atoms with Gasteiger partial charge in [0.1, 0.15) is 5.75 Å². The molecule has 0 amide bonds. The Morgan fingerprint density at radius 2 is 2.32 bits per heavy atom. The first-order chi connectivity index (χ1) is 9.28. The fraction of sp³-hybridized carbons (Fsp3) is 0.400. The smallest absolute Gasteiger partial charge is 0.178 e. The molecular weight excluding hydrogens is 256 g/mol. The van der Waals surface area contributed by atoms with Crippen molar-refractivity contribution in [3.63, 3.8) is 0 Å². The molecule has 4 heteroatoms. The average molecular weight is 274 g/mol. The summed E-state index contributed by atoms with van der Waals surface area (Å²) in [6, 6.07) is 6.03. The third-order valence-electron chi connectivity index (χ3n) is 3.77. The Kier molecular flexibility index (Phi) is 3.42. The number of rotatable bonds is 4. The van der Waals surface area contributed by atoms with Crippen LogP contribution >= 0.6 is 12.2 Å². The second-order valence-corrected chi connectivity index (χ2v) is 5.36. The van der Waals surface area contributed by atoms with E-state index in [0.717, 1.165) is 34.5 Å². The number of benzene rings is 1. The fourth-order valence-electron chi connectivity index (χ4n) is 2.70. The van der Waals surface area contributed by atoms with Crippen molar-refractivity contribution in [2.45, 2.75) is 32.2 Å². The van der Waals surface area contributed by atoms with Crippen LogP contribution in [-0.4, -0.2) is 16.7 Å². The number of hydrogen-bond donors (Lipinski definition) is 1. The number of aromatic amines is 1. The number of imidazole rings is 1. The molecule has 1 aliphatic rings. The van der Waals surface area contributed by atoms with Crippen LogP contribution in [0.5, 0.6) is 5.75 Å². The van der Waals surface area contributed by atoms with Crippen LogP contribution in [0.2, 0.25) is 0 Å². The van der Waals surface area contributed by atoms with Crippen molar-refractivity contribution in [1.29, 1.82) is 0 Å². The Hall–Kier alpha value is -1.55. The van der Waals surface area contributed by atoms with E-state index in [-0.39, 0.29) is 0 Å². The summed E-state index contributed by atoms with van der Waals surface area (Å²) >= 11 is 5.42. The number of aromatic nitrogens is 2. The van der Waals surface area contributed by atoms with Gasteiger partial charge in [-0.05, 0) is 50.0 Å². The standard InChI is InChI=1S/C15H18N2OS/c1-18-12-6-7-13-14(10-12)17(15(19)16-13)9-8-11-4-2-3-5-11/h4,6-7,10H,2-3,5,8-9H2,1H3,(H,16,19). The summed E-state index contributed by atoms with van der Waals surface area (Å²) in [5.41, 5.74) is 3.77. The average Bonchev–Trinajstić information content (AvgIpc) is 3.03. The summed E-state index contributed by atoms with van der Waals surface area (Å²) in [5, 5.41) is 0. The summed E-state index contributed by atoms with van der Waals surface area (Å²) in [6.45, 7) is 0.942. The molecule has 1 aromatic carbocycles. The summed E-state index contributed by atoms with van der Waals surface area (Å²) in [6.07, 6.45) is 7.27. The Morgan fingerprint density at radius 3 is 3.05 bits per heavy atom. The van der Waals surface area contributed by atoms with Crippen LogP contribution in [0.15, 0.2) is 29.8 Å². The van der Waals surface area contributed by atoms with Gasteiger partial charge in [0.25, 0.3) is 0 Å². The van der Waals surface area contributed by atoms with E-state index in [9.17, 15) is 0 Å². The highest BCUT2D eigenvalue weighted by atomic mass is 32.1. The van der Waals surface area contributed by atoms with Gasteiger partial charge in [-0.25, -0.2) is 0 Å². The van der Waals surface area contributed by atoms with Gasteiger partial charge >= 0.3 is 0 Å². The van der Waals surface area contributed by atoms with E-state index in [0.29, 0.717) is 0 Å². The number of aryl methyl sites for hydroxylation is 1. The van der Waals surface area contributed by atoms with Crippen LogP contribution in [0.25, 0.3) is 11.0 Å². The molecule has 1 heterocycles. The minimum Gasteiger partial charge on any atom is -0.497 e. The zero-order chi connectivity index (χ0) is 13.2. The van der Waals surface area contributed by atoms with E-state index in [2.05, 4.69) is 15.6 Å². The summed E-state index contributed by atoms with van der Waals surface area (Å²) < 4.78 is 8.26. The summed E-state index contributed by atoms with van der Waals surface area (Å²) in [7, 11) is 1.69. The highest BCUT2D eigenvalue weighted by Crippen LogP contribution is 2.24. The number of ether oxygens (including phenoxy) is 1. The van der Waals surface area contributed by atoms with E-state index in [4.69, 9.17) is 17.0 Å². The fourth-order valence-corrected chi connectivity index (χ4v) is 3.00. The first kappa shape index (κ1) is 12.5. The maximum atomic E-state index is 5.42. The molecule has 0 saturated heterocycles. The summed E-state index contributed by atoms with van der Waals surface area (Å²) in [4.78, 5) is 3.26. The minimum atomic E-state index is 0.793. The van der Waals surface area contributed by atoms with Gasteiger partial charge in [-0.2, -0.15) is 0 Å². The van der Waals surface area contributed by atoms with Crippen molar-refractivity contribution in [2.75, 3.05) is 7.11 Å². The van der Waals surface area contributed by atoms with Crippen LogP contribution in [0.3, 0.4) is 0 Å². The van der Waals surface area contributed by atoms with Crippen molar-refractivity contribution < 1.29 is 4.74 Å². The molecular formula is C15H18N2OS. The minimum absolute atomic E-state index is 0.793. The second kappa shape index (κ2) is 5.21. The molecule has 1 N–H and O–H groups in total. The molecule has 0 spiro atoms. The number of hydrogen-bond acceptors (Lipinski definition) is 2. The monoisotopic (exact) mass is 274 g/mol. The van der Waals surface area contributed by atoms with Crippen LogP contribution < -0.4 is 4.74 Å². The Balaban J connectivity index is 1.92. The van der Waals surface area contributed by atoms with Crippen molar-refractivity contribution in [3.05, 3.63) is 34.6 Å². The van der Waals surface area contributed by atoms with Crippen molar-refractivity contribution in [3.8, 4) is 5.75 Å². The van der Waals surface area contributed by atoms with Gasteiger partial charge < -0.3 is 14.3 Å². The first-order valence-corrected chi connectivity index (χ1v) is 7.13. The normalized spacial score (nSPS) is 14.9. The van der Waals surface area contributed by atoms with E-state index < -0.39 is 0 Å². The Morgan fingerprint density at radius 1 is 1.42 bits per heavy atom. The number of H-pyrrole nitrogens is 1. The van der Waals surface area contributed by atoms with E-state index >= 15 is 0 Å². The van der Waals surface area contributed by atoms with E-state index in [1.54, 1.807) is 12.7 Å². The van der Waals surface area contributed by atoms with Gasteiger partial charge in [-0.15, -0.1) is 0 Å². The van der Waals surface area contributed by atoms with Crippen molar-refractivity contribution >= 4 is 23.3 Å². The van der Waals surface area contributed by atoms with Gasteiger partial charge in [0.05, 0.1) is 18.1 Å². The predicted molar refractivity (Wildman–Crippen MR) is 80.2 cm³/mol. The lowest BCUT2D eigenvalue weighted by Gasteiger charge is -2.06. The number of nitrogens with zero attached hydrogens (tertiary/aromatic N) is 1. The van der Waals surface area contributed by atoms with Gasteiger partial charge in [-0.1, -0.05) is 11.6 Å². The second-order valence-electron chi connectivity index (χ2n) is 4.97. The van der Waals surface area contributed by atoms with Crippen molar-refractivity contribution in [2.24, 2.45) is 0 Å². The van der Waals surface area contributed by atoms with Gasteiger partial charge in [0, 0.05) is 12.6 Å². The zero-order valence-electron chi connectivity index (χ0n) is 11.1. The molecule has 3 nitrogen and oxygen atoms in total. The van der Waals surface area contributed by atoms with Crippen LogP contribution in [0, 0.1) is 4.77 Å². The molecule has 0 unspecified atom stereocenters. The number of allylic oxidation sites excluding steroid dienone is 2. The topological polar surface area (TPSA) is 29.9 Å². The van der Waals surface area contributed by atoms with Gasteiger partial charge in [0.15, 0.2) is 4.77 Å². The lowest BCUT2D eigenvalue weighted by atomic mass is 10.1. The molecule has 1 aromatic heterocycles. The Labute approximate surface area is 117 Å². The van der Waals surface area contributed by atoms with Crippen LogP contribution in [-0.2, 0) is 6.54 Å². The molecule has 100 valence electrons. The van der Waals surface area contributed by atoms with Gasteiger partial charge in [-0.3, -0.25) is 0 Å². The van der Waals surface area contributed by atoms with Crippen molar-refractivity contribution in [1.82, 2.24) is 9.55 Å². The quantitative estimate of drug-likeness (QED) is 0.668. The number of methoxy groups -OCH3 is 1. The maximum Gasteiger partial charge on any atom is 0.178 e. The molecule has 0 fully saturated rings. The number of nitrogens with one attached hydrogen (secondary N) is 1. The molecule has 19 heavy (non-hydrogen) atoms. The Bertz CT molecular complexity index is 681. The largest absolute Gasteiger partial charge is 0.497 e. The first-order valence-electron chi connectivity index (χ1n) is 6.72.